The van der Waals surface area contributed by atoms with E-state index in [0.29, 0.717) is 0 Å². The Bertz CT molecular complexity index is 6.00. The van der Waals surface area contributed by atoms with E-state index in [1.807, 2.05) is 0 Å². The van der Waals surface area contributed by atoms with Crippen molar-refractivity contribution in [3.8, 4) is 0 Å². The molecule has 3 radical (unpaired) electrons. The minimum atomic E-state index is -1.05. The SMILES string of the molecule is [Al].[OH][Pd][OH]. The maximum absolute atomic E-state index is 7.18. The number of rotatable bonds is 0. The molecule has 0 fully saturated rings. The van der Waals surface area contributed by atoms with Crippen molar-refractivity contribution in [3.05, 3.63) is 0 Å². The van der Waals surface area contributed by atoms with Crippen LogP contribution in [0.5, 0.6) is 0 Å². The van der Waals surface area contributed by atoms with Crippen LogP contribution in [0.4, 0.5) is 0 Å². The van der Waals surface area contributed by atoms with E-state index in [2.05, 4.69) is 0 Å². The standard InChI is InChI=1S/Al.2H2O.Pd/h;2*1H2;/q;;;+2/p-2. The zero-order chi connectivity index (χ0) is 2.71. The first-order valence-electron chi connectivity index (χ1n) is 0.283. The monoisotopic (exact) mass is 167 g/mol. The molecule has 0 amide bonds. The van der Waals surface area contributed by atoms with E-state index in [1.54, 1.807) is 0 Å². The van der Waals surface area contributed by atoms with Gasteiger partial charge in [0.05, 0.1) is 0 Å². The Hall–Kier alpha value is 1.11. The van der Waals surface area contributed by atoms with Gasteiger partial charge in [0.15, 0.2) is 0 Å². The molecule has 0 atom stereocenters. The number of hydrogen-bond acceptors (Lipinski definition) is 2. The van der Waals surface area contributed by atoms with Crippen LogP contribution >= 0.6 is 0 Å². The molecule has 0 heterocycles. The summed E-state index contributed by atoms with van der Waals surface area (Å²) in [5.74, 6) is 0. The summed E-state index contributed by atoms with van der Waals surface area (Å²) in [7, 11) is 0. The molecule has 0 aliphatic carbocycles. The topological polar surface area (TPSA) is 40.5 Å². The van der Waals surface area contributed by atoms with Crippen molar-refractivity contribution in [2.24, 2.45) is 0 Å². The summed E-state index contributed by atoms with van der Waals surface area (Å²) in [4.78, 5) is 0. The first-order valence-corrected chi connectivity index (χ1v) is 1.67. The van der Waals surface area contributed by atoms with Gasteiger partial charge in [-0.05, 0) is 0 Å². The van der Waals surface area contributed by atoms with Gasteiger partial charge in [-0.15, -0.1) is 0 Å². The Labute approximate surface area is 44.0 Å². The Morgan fingerprint density at radius 2 is 1.25 bits per heavy atom. The van der Waals surface area contributed by atoms with Crippen LogP contribution < -0.4 is 0 Å². The van der Waals surface area contributed by atoms with Gasteiger partial charge in [-0.3, -0.25) is 0 Å². The Balaban J connectivity index is 0. The van der Waals surface area contributed by atoms with Crippen molar-refractivity contribution in [3.63, 3.8) is 0 Å². The predicted octanol–water partition coefficient (Wildman–Crippen LogP) is -1.50. The molecule has 2 nitrogen and oxygen atoms in total. The molecule has 2 N–H and O–H groups in total. The fourth-order valence-electron chi connectivity index (χ4n) is 0. The second-order valence-electron chi connectivity index (χ2n) is 0.0632. The molecule has 0 unspecified atom stereocenters. The molecule has 4 heavy (non-hydrogen) atoms. The molecule has 0 aliphatic heterocycles. The molecule has 0 spiro atoms. The Morgan fingerprint density at radius 1 is 1.25 bits per heavy atom. The normalized spacial score (nSPS) is 5.50. The third-order valence-electron chi connectivity index (χ3n) is 0. The molecule has 0 aromatic heterocycles. The van der Waals surface area contributed by atoms with E-state index in [1.165, 1.54) is 0 Å². The van der Waals surface area contributed by atoms with Gasteiger partial charge in [0, 0.05) is 17.4 Å². The molecular formula is H2AlO2Pd. The third-order valence-corrected chi connectivity index (χ3v) is 0. The van der Waals surface area contributed by atoms with Gasteiger partial charge in [-0.2, -0.15) is 0 Å². The first-order chi connectivity index (χ1) is 1.41. The molecule has 0 saturated heterocycles. The molecule has 0 aromatic rings. The van der Waals surface area contributed by atoms with Gasteiger partial charge < -0.3 is 0 Å². The molecule has 0 aromatic carbocycles. The van der Waals surface area contributed by atoms with Gasteiger partial charge in [0.1, 0.15) is 0 Å². The van der Waals surface area contributed by atoms with Crippen molar-refractivity contribution in [2.45, 2.75) is 0 Å². The quantitative estimate of drug-likeness (QED) is 0.431. The molecule has 4 heteroatoms. The van der Waals surface area contributed by atoms with E-state index < -0.39 is 18.7 Å². The fraction of sp³-hybridized carbons (Fsp3) is 0. The summed E-state index contributed by atoms with van der Waals surface area (Å²) in [6, 6.07) is 0. The molecule has 27 valence electrons. The molecule has 0 bridgehead atoms. The Kier molecular flexibility index (Phi) is 19.9. The van der Waals surface area contributed by atoms with E-state index >= 15 is 0 Å². The van der Waals surface area contributed by atoms with Crippen molar-refractivity contribution in [2.75, 3.05) is 0 Å². The van der Waals surface area contributed by atoms with Crippen LogP contribution in [0, 0.1) is 0 Å². The van der Waals surface area contributed by atoms with E-state index in [0.717, 1.165) is 0 Å². The van der Waals surface area contributed by atoms with Crippen molar-refractivity contribution >= 4 is 17.4 Å². The molecule has 0 aliphatic rings. The maximum atomic E-state index is 7.18. The molecule has 0 rings (SSSR count). The van der Waals surface area contributed by atoms with Crippen molar-refractivity contribution in [1.29, 1.82) is 0 Å². The fourth-order valence-corrected chi connectivity index (χ4v) is 0. The van der Waals surface area contributed by atoms with Crippen molar-refractivity contribution in [1.82, 2.24) is 0 Å². The van der Waals surface area contributed by atoms with Crippen LogP contribution in [-0.4, -0.2) is 25.0 Å². The van der Waals surface area contributed by atoms with Gasteiger partial charge in [0.25, 0.3) is 0 Å². The van der Waals surface area contributed by atoms with Gasteiger partial charge in [-0.25, -0.2) is 0 Å². The van der Waals surface area contributed by atoms with E-state index in [9.17, 15) is 0 Å². The van der Waals surface area contributed by atoms with Crippen LogP contribution in [0.15, 0.2) is 0 Å². The second kappa shape index (κ2) is 8.93. The summed E-state index contributed by atoms with van der Waals surface area (Å²) < 4.78 is 14.4. The van der Waals surface area contributed by atoms with Crippen LogP contribution in [0.2, 0.25) is 0 Å². The van der Waals surface area contributed by atoms with E-state index in [4.69, 9.17) is 7.66 Å². The molecular weight excluding hydrogens is 165 g/mol. The zero-order valence-electron chi connectivity index (χ0n) is 1.79. The van der Waals surface area contributed by atoms with Gasteiger partial charge in [-0.1, -0.05) is 0 Å². The summed E-state index contributed by atoms with van der Waals surface area (Å²) >= 11 is -1.05. The number of hydrogen-bond donors (Lipinski definition) is 2. The second-order valence-corrected chi connectivity index (χ2v) is 0.374. The summed E-state index contributed by atoms with van der Waals surface area (Å²) in [5.41, 5.74) is 0. The average Bonchev–Trinajstić information content (AvgIpc) is 0.918. The van der Waals surface area contributed by atoms with Crippen molar-refractivity contribution < 1.29 is 26.4 Å². The average molecular weight is 167 g/mol. The van der Waals surface area contributed by atoms with Crippen LogP contribution in [0.1, 0.15) is 0 Å². The minimum absolute atomic E-state index is 0. The van der Waals surface area contributed by atoms with E-state index in [-0.39, 0.29) is 17.4 Å². The van der Waals surface area contributed by atoms with Crippen LogP contribution in [-0.2, 0) is 18.7 Å². The third kappa shape index (κ3) is 11.2. The van der Waals surface area contributed by atoms with Gasteiger partial charge >= 0.3 is 26.4 Å². The predicted molar refractivity (Wildman–Crippen MR) is 10.2 cm³/mol. The van der Waals surface area contributed by atoms with Crippen LogP contribution in [0.3, 0.4) is 0 Å². The summed E-state index contributed by atoms with van der Waals surface area (Å²) in [6.07, 6.45) is 0. The molecule has 0 saturated carbocycles. The van der Waals surface area contributed by atoms with Crippen LogP contribution in [0.25, 0.3) is 0 Å². The summed E-state index contributed by atoms with van der Waals surface area (Å²) in [5, 5.41) is 0. The zero-order valence-corrected chi connectivity index (χ0v) is 4.50. The van der Waals surface area contributed by atoms with Gasteiger partial charge in [0.2, 0.25) is 0 Å². The summed E-state index contributed by atoms with van der Waals surface area (Å²) in [6.45, 7) is 0. The first kappa shape index (κ1) is 8.93. The Morgan fingerprint density at radius 3 is 1.25 bits per heavy atom.